The summed E-state index contributed by atoms with van der Waals surface area (Å²) < 4.78 is 11.1. The highest BCUT2D eigenvalue weighted by Crippen LogP contribution is 2.31. The molecule has 0 atom stereocenters. The molecule has 0 fully saturated rings. The van der Waals surface area contributed by atoms with Gasteiger partial charge in [0, 0.05) is 11.8 Å². The molecule has 0 saturated heterocycles. The fraction of sp³-hybridized carbons (Fsp3) is 0.286. The molecular weight excluding hydrogens is 278 g/mol. The third-order valence-electron chi connectivity index (χ3n) is 2.42. The van der Waals surface area contributed by atoms with Crippen molar-refractivity contribution < 1.29 is 9.47 Å². The first-order chi connectivity index (χ1) is 9.72. The molecule has 0 unspecified atom stereocenters. The van der Waals surface area contributed by atoms with Crippen LogP contribution in [0.3, 0.4) is 0 Å². The molecule has 1 aromatic heterocycles. The van der Waals surface area contributed by atoms with E-state index in [0.717, 1.165) is 11.4 Å². The van der Waals surface area contributed by atoms with Crippen LogP contribution < -0.4 is 14.8 Å². The summed E-state index contributed by atoms with van der Waals surface area (Å²) in [4.78, 5) is 8.10. The van der Waals surface area contributed by atoms with E-state index in [9.17, 15) is 0 Å². The zero-order chi connectivity index (χ0) is 14.4. The maximum atomic E-state index is 5.80. The molecule has 2 rings (SSSR count). The van der Waals surface area contributed by atoms with E-state index in [-0.39, 0.29) is 0 Å². The van der Waals surface area contributed by atoms with Gasteiger partial charge in [-0.3, -0.25) is 4.98 Å². The van der Waals surface area contributed by atoms with E-state index >= 15 is 0 Å². The lowest BCUT2D eigenvalue weighted by Crippen LogP contribution is -2.00. The Hall–Kier alpha value is -2.01. The minimum Gasteiger partial charge on any atom is -0.490 e. The van der Waals surface area contributed by atoms with Gasteiger partial charge in [0.1, 0.15) is 5.15 Å². The second-order valence-electron chi connectivity index (χ2n) is 3.88. The average Bonchev–Trinajstić information content (AvgIpc) is 2.42. The highest BCUT2D eigenvalue weighted by Gasteiger charge is 2.07. The van der Waals surface area contributed by atoms with Crippen molar-refractivity contribution in [3.63, 3.8) is 0 Å². The first-order valence-electron chi connectivity index (χ1n) is 6.37. The molecule has 0 amide bonds. The topological polar surface area (TPSA) is 56.3 Å². The molecule has 20 heavy (non-hydrogen) atoms. The minimum atomic E-state index is 0.339. The third kappa shape index (κ3) is 3.74. The SMILES string of the molecule is CCOc1ccc(Nc2cncc(Cl)n2)cc1OCC. The minimum absolute atomic E-state index is 0.339. The lowest BCUT2D eigenvalue weighted by atomic mass is 10.2. The van der Waals surface area contributed by atoms with E-state index in [0.29, 0.717) is 29.9 Å². The number of ether oxygens (including phenoxy) is 2. The number of rotatable bonds is 6. The molecule has 1 heterocycles. The van der Waals surface area contributed by atoms with Crippen LogP contribution in [0.15, 0.2) is 30.6 Å². The normalized spacial score (nSPS) is 10.2. The molecule has 106 valence electrons. The van der Waals surface area contributed by atoms with Crippen molar-refractivity contribution >= 4 is 23.1 Å². The zero-order valence-corrected chi connectivity index (χ0v) is 12.1. The summed E-state index contributed by atoms with van der Waals surface area (Å²) in [7, 11) is 0. The van der Waals surface area contributed by atoms with Gasteiger partial charge >= 0.3 is 0 Å². The van der Waals surface area contributed by atoms with Crippen LogP contribution in [-0.4, -0.2) is 23.2 Å². The van der Waals surface area contributed by atoms with Gasteiger partial charge < -0.3 is 14.8 Å². The van der Waals surface area contributed by atoms with E-state index in [4.69, 9.17) is 21.1 Å². The van der Waals surface area contributed by atoms with Crippen molar-refractivity contribution in [2.45, 2.75) is 13.8 Å². The molecule has 0 saturated carbocycles. The highest BCUT2D eigenvalue weighted by molar-refractivity contribution is 6.29. The second kappa shape index (κ2) is 6.96. The average molecular weight is 294 g/mol. The summed E-state index contributed by atoms with van der Waals surface area (Å²) in [6.07, 6.45) is 3.08. The van der Waals surface area contributed by atoms with Gasteiger partial charge in [-0.25, -0.2) is 4.98 Å². The molecule has 1 N–H and O–H groups in total. The Morgan fingerprint density at radius 3 is 2.55 bits per heavy atom. The predicted octanol–water partition coefficient (Wildman–Crippen LogP) is 3.67. The first kappa shape index (κ1) is 14.4. The second-order valence-corrected chi connectivity index (χ2v) is 4.27. The summed E-state index contributed by atoms with van der Waals surface area (Å²) in [5.41, 5.74) is 0.827. The van der Waals surface area contributed by atoms with Crippen molar-refractivity contribution in [3.05, 3.63) is 35.7 Å². The van der Waals surface area contributed by atoms with Gasteiger partial charge in [-0.15, -0.1) is 0 Å². The Labute approximate surface area is 122 Å². The summed E-state index contributed by atoms with van der Waals surface area (Å²) >= 11 is 5.80. The van der Waals surface area contributed by atoms with Crippen LogP contribution in [0, 0.1) is 0 Å². The Bertz CT molecular complexity index is 578. The molecule has 0 bridgehead atoms. The van der Waals surface area contributed by atoms with Gasteiger partial charge in [0.05, 0.1) is 25.6 Å². The Balaban J connectivity index is 2.22. The van der Waals surface area contributed by atoms with Crippen molar-refractivity contribution in [1.29, 1.82) is 0 Å². The van der Waals surface area contributed by atoms with Crippen molar-refractivity contribution in [3.8, 4) is 11.5 Å². The molecule has 2 aromatic rings. The van der Waals surface area contributed by atoms with Crippen LogP contribution >= 0.6 is 11.6 Å². The lowest BCUT2D eigenvalue weighted by Gasteiger charge is -2.13. The monoisotopic (exact) mass is 293 g/mol. The largest absolute Gasteiger partial charge is 0.490 e. The van der Waals surface area contributed by atoms with Crippen LogP contribution in [0.1, 0.15) is 13.8 Å². The van der Waals surface area contributed by atoms with Gasteiger partial charge in [0.15, 0.2) is 17.3 Å². The number of nitrogens with one attached hydrogen (secondary N) is 1. The number of benzene rings is 1. The molecular formula is C14H16ClN3O2. The standard InChI is InChI=1S/C14H16ClN3O2/c1-3-19-11-6-5-10(7-12(11)20-4-2)17-14-9-16-8-13(15)18-14/h5-9H,3-4H2,1-2H3,(H,17,18). The molecule has 0 aliphatic heterocycles. The number of nitrogens with zero attached hydrogens (tertiary/aromatic N) is 2. The maximum Gasteiger partial charge on any atom is 0.163 e. The molecule has 0 aliphatic rings. The Morgan fingerprint density at radius 1 is 1.10 bits per heavy atom. The van der Waals surface area contributed by atoms with Crippen LogP contribution in [0.5, 0.6) is 11.5 Å². The van der Waals surface area contributed by atoms with E-state index in [2.05, 4.69) is 15.3 Å². The predicted molar refractivity (Wildman–Crippen MR) is 79.1 cm³/mol. The number of aromatic nitrogens is 2. The summed E-state index contributed by atoms with van der Waals surface area (Å²) in [6, 6.07) is 5.60. The number of hydrogen-bond donors (Lipinski definition) is 1. The third-order valence-corrected chi connectivity index (χ3v) is 2.60. The summed E-state index contributed by atoms with van der Waals surface area (Å²) in [6.45, 7) is 5.02. The molecule has 5 nitrogen and oxygen atoms in total. The Kier molecular flexibility index (Phi) is 5.01. The van der Waals surface area contributed by atoms with Gasteiger partial charge in [0.25, 0.3) is 0 Å². The molecule has 0 spiro atoms. The lowest BCUT2D eigenvalue weighted by molar-refractivity contribution is 0.288. The zero-order valence-electron chi connectivity index (χ0n) is 11.4. The van der Waals surface area contributed by atoms with E-state index in [1.54, 1.807) is 6.20 Å². The fourth-order valence-corrected chi connectivity index (χ4v) is 1.83. The van der Waals surface area contributed by atoms with Crippen molar-refractivity contribution in [1.82, 2.24) is 9.97 Å². The quantitative estimate of drug-likeness (QED) is 0.880. The number of halogens is 1. The molecule has 0 radical (unpaired) electrons. The molecule has 0 aliphatic carbocycles. The van der Waals surface area contributed by atoms with Crippen molar-refractivity contribution in [2.24, 2.45) is 0 Å². The van der Waals surface area contributed by atoms with Crippen molar-refractivity contribution in [2.75, 3.05) is 18.5 Å². The summed E-state index contributed by atoms with van der Waals surface area (Å²) in [5, 5.41) is 3.46. The first-order valence-corrected chi connectivity index (χ1v) is 6.75. The van der Waals surface area contributed by atoms with Crippen LogP contribution in [-0.2, 0) is 0 Å². The van der Waals surface area contributed by atoms with Crippen LogP contribution in [0.25, 0.3) is 0 Å². The van der Waals surface area contributed by atoms with Crippen LogP contribution in [0.4, 0.5) is 11.5 Å². The van der Waals surface area contributed by atoms with Gasteiger partial charge in [-0.2, -0.15) is 0 Å². The molecule has 1 aromatic carbocycles. The maximum absolute atomic E-state index is 5.80. The highest BCUT2D eigenvalue weighted by atomic mass is 35.5. The molecule has 6 heteroatoms. The smallest absolute Gasteiger partial charge is 0.163 e. The Morgan fingerprint density at radius 2 is 1.85 bits per heavy atom. The van der Waals surface area contributed by atoms with E-state index in [1.807, 2.05) is 32.0 Å². The van der Waals surface area contributed by atoms with Gasteiger partial charge in [-0.1, -0.05) is 11.6 Å². The van der Waals surface area contributed by atoms with Gasteiger partial charge in [-0.05, 0) is 26.0 Å². The summed E-state index contributed by atoms with van der Waals surface area (Å²) in [5.74, 6) is 1.98. The fourth-order valence-electron chi connectivity index (χ4n) is 1.68. The van der Waals surface area contributed by atoms with E-state index in [1.165, 1.54) is 6.20 Å². The number of hydrogen-bond acceptors (Lipinski definition) is 5. The number of anilines is 2. The van der Waals surface area contributed by atoms with Gasteiger partial charge in [0.2, 0.25) is 0 Å². The van der Waals surface area contributed by atoms with Crippen LogP contribution in [0.2, 0.25) is 5.15 Å². The van der Waals surface area contributed by atoms with E-state index < -0.39 is 0 Å².